The fourth-order valence-corrected chi connectivity index (χ4v) is 1.76. The first kappa shape index (κ1) is 18.5. The number of benzene rings is 1. The van der Waals surface area contributed by atoms with Crippen molar-refractivity contribution in [2.75, 3.05) is 26.0 Å². The standard InChI is InChI=1S/C17H25N3O3/c1-12(2)11-23-15-8-6-14(7-9-15)19-17(22)20(5)13(3)10-16(21)18-4/h6-9,13H,1,10-11H2,2-5H3,(H,18,21)(H,19,22). The van der Waals surface area contributed by atoms with Crippen LogP contribution in [-0.2, 0) is 4.79 Å². The van der Waals surface area contributed by atoms with E-state index in [9.17, 15) is 9.59 Å². The highest BCUT2D eigenvalue weighted by atomic mass is 16.5. The molecule has 126 valence electrons. The Balaban J connectivity index is 2.56. The predicted molar refractivity (Wildman–Crippen MR) is 91.7 cm³/mol. The first-order valence-electron chi connectivity index (χ1n) is 7.45. The van der Waals surface area contributed by atoms with Gasteiger partial charge >= 0.3 is 6.03 Å². The molecule has 2 N–H and O–H groups in total. The maximum atomic E-state index is 12.2. The smallest absolute Gasteiger partial charge is 0.321 e. The number of hydrogen-bond donors (Lipinski definition) is 2. The van der Waals surface area contributed by atoms with E-state index in [-0.39, 0.29) is 24.4 Å². The number of hydrogen-bond acceptors (Lipinski definition) is 3. The molecular formula is C17H25N3O3. The number of nitrogens with zero attached hydrogens (tertiary/aromatic N) is 1. The molecule has 0 bridgehead atoms. The van der Waals surface area contributed by atoms with Gasteiger partial charge in [-0.25, -0.2) is 4.79 Å². The van der Waals surface area contributed by atoms with Crippen molar-refractivity contribution in [3.8, 4) is 5.75 Å². The van der Waals surface area contributed by atoms with Gasteiger partial charge in [0.05, 0.1) is 0 Å². The Morgan fingerprint density at radius 2 is 1.91 bits per heavy atom. The van der Waals surface area contributed by atoms with E-state index in [1.807, 2.05) is 13.8 Å². The molecule has 0 radical (unpaired) electrons. The summed E-state index contributed by atoms with van der Waals surface area (Å²) in [6, 6.07) is 6.63. The van der Waals surface area contributed by atoms with Gasteiger partial charge in [0.25, 0.3) is 0 Å². The van der Waals surface area contributed by atoms with Gasteiger partial charge < -0.3 is 20.3 Å². The van der Waals surface area contributed by atoms with Crippen LogP contribution in [0.15, 0.2) is 36.4 Å². The summed E-state index contributed by atoms with van der Waals surface area (Å²) in [6.45, 7) is 7.95. The maximum absolute atomic E-state index is 12.2. The Labute approximate surface area is 137 Å². The fourth-order valence-electron chi connectivity index (χ4n) is 1.76. The van der Waals surface area contributed by atoms with Gasteiger partial charge in [0, 0.05) is 32.2 Å². The van der Waals surface area contributed by atoms with Crippen molar-refractivity contribution in [3.05, 3.63) is 36.4 Å². The molecule has 6 heteroatoms. The van der Waals surface area contributed by atoms with Crippen molar-refractivity contribution in [1.82, 2.24) is 10.2 Å². The van der Waals surface area contributed by atoms with Gasteiger partial charge in [0.1, 0.15) is 12.4 Å². The molecule has 23 heavy (non-hydrogen) atoms. The Morgan fingerprint density at radius 3 is 2.43 bits per heavy atom. The van der Waals surface area contributed by atoms with Gasteiger partial charge in [-0.15, -0.1) is 0 Å². The summed E-state index contributed by atoms with van der Waals surface area (Å²) in [5.74, 6) is 0.614. The molecule has 0 aliphatic carbocycles. The van der Waals surface area contributed by atoms with Crippen molar-refractivity contribution in [1.29, 1.82) is 0 Å². The van der Waals surface area contributed by atoms with Crippen LogP contribution in [0, 0.1) is 0 Å². The van der Waals surface area contributed by atoms with Gasteiger partial charge in [-0.05, 0) is 43.7 Å². The zero-order valence-electron chi connectivity index (χ0n) is 14.2. The molecule has 0 aromatic heterocycles. The van der Waals surface area contributed by atoms with Crippen molar-refractivity contribution >= 4 is 17.6 Å². The summed E-state index contributed by atoms with van der Waals surface area (Å²) in [6.07, 6.45) is 0.258. The van der Waals surface area contributed by atoms with Crippen LogP contribution in [0.2, 0.25) is 0 Å². The van der Waals surface area contributed by atoms with E-state index < -0.39 is 0 Å². The fraction of sp³-hybridized carbons (Fsp3) is 0.412. The number of nitrogens with one attached hydrogen (secondary N) is 2. The molecule has 6 nitrogen and oxygen atoms in total. The number of rotatable bonds is 7. The minimum atomic E-state index is -0.267. The largest absolute Gasteiger partial charge is 0.489 e. The minimum absolute atomic E-state index is 0.101. The van der Waals surface area contributed by atoms with Crippen LogP contribution < -0.4 is 15.4 Å². The van der Waals surface area contributed by atoms with Crippen LogP contribution in [0.3, 0.4) is 0 Å². The molecule has 0 fully saturated rings. The number of amides is 3. The van der Waals surface area contributed by atoms with Crippen molar-refractivity contribution in [2.24, 2.45) is 0 Å². The van der Waals surface area contributed by atoms with E-state index in [1.165, 1.54) is 4.90 Å². The van der Waals surface area contributed by atoms with Crippen LogP contribution in [0.4, 0.5) is 10.5 Å². The molecule has 1 rings (SSSR count). The quantitative estimate of drug-likeness (QED) is 0.759. The van der Waals surface area contributed by atoms with Crippen LogP contribution in [0.25, 0.3) is 0 Å². The van der Waals surface area contributed by atoms with E-state index in [1.54, 1.807) is 38.4 Å². The molecule has 0 saturated carbocycles. The summed E-state index contributed by atoms with van der Waals surface area (Å²) in [7, 11) is 3.24. The zero-order valence-corrected chi connectivity index (χ0v) is 14.2. The third kappa shape index (κ3) is 6.42. The first-order valence-corrected chi connectivity index (χ1v) is 7.45. The highest BCUT2D eigenvalue weighted by molar-refractivity contribution is 5.89. The second-order valence-corrected chi connectivity index (χ2v) is 5.54. The number of carbonyl (C=O) groups is 2. The second-order valence-electron chi connectivity index (χ2n) is 5.54. The Kier molecular flexibility index (Phi) is 7.12. The summed E-state index contributed by atoms with van der Waals surface area (Å²) in [5, 5.41) is 5.34. The number of carbonyl (C=O) groups excluding carboxylic acids is 2. The number of urea groups is 1. The van der Waals surface area contributed by atoms with Gasteiger partial charge in [0.2, 0.25) is 5.91 Å². The molecule has 1 atom stereocenters. The average Bonchev–Trinajstić information content (AvgIpc) is 2.53. The summed E-state index contributed by atoms with van der Waals surface area (Å²) in [5.41, 5.74) is 1.60. The summed E-state index contributed by atoms with van der Waals surface area (Å²) < 4.78 is 5.50. The van der Waals surface area contributed by atoms with E-state index in [4.69, 9.17) is 4.74 Å². The molecule has 0 heterocycles. The summed E-state index contributed by atoms with van der Waals surface area (Å²) >= 11 is 0. The number of ether oxygens (including phenoxy) is 1. The minimum Gasteiger partial charge on any atom is -0.489 e. The normalized spacial score (nSPS) is 11.3. The molecular weight excluding hydrogens is 294 g/mol. The van der Waals surface area contributed by atoms with Crippen LogP contribution >= 0.6 is 0 Å². The van der Waals surface area contributed by atoms with Gasteiger partial charge in [-0.3, -0.25) is 4.79 Å². The predicted octanol–water partition coefficient (Wildman–Crippen LogP) is 2.63. The third-order valence-corrected chi connectivity index (χ3v) is 3.33. The molecule has 3 amide bonds. The average molecular weight is 319 g/mol. The van der Waals surface area contributed by atoms with E-state index in [0.717, 1.165) is 5.57 Å². The maximum Gasteiger partial charge on any atom is 0.321 e. The van der Waals surface area contributed by atoms with Gasteiger partial charge in [-0.2, -0.15) is 0 Å². The molecule has 1 aromatic carbocycles. The second kappa shape index (κ2) is 8.82. The lowest BCUT2D eigenvalue weighted by molar-refractivity contribution is -0.121. The van der Waals surface area contributed by atoms with Crippen molar-refractivity contribution in [2.45, 2.75) is 26.3 Å². The SMILES string of the molecule is C=C(C)COc1ccc(NC(=O)N(C)C(C)CC(=O)NC)cc1. The monoisotopic (exact) mass is 319 g/mol. The van der Waals surface area contributed by atoms with Crippen LogP contribution in [0.5, 0.6) is 5.75 Å². The van der Waals surface area contributed by atoms with E-state index in [2.05, 4.69) is 17.2 Å². The first-order chi connectivity index (χ1) is 10.8. The topological polar surface area (TPSA) is 70.7 Å². The molecule has 0 saturated heterocycles. The molecule has 1 aromatic rings. The highest BCUT2D eigenvalue weighted by Crippen LogP contribution is 2.17. The molecule has 0 spiro atoms. The molecule has 0 aliphatic rings. The van der Waals surface area contributed by atoms with E-state index in [0.29, 0.717) is 18.0 Å². The van der Waals surface area contributed by atoms with E-state index >= 15 is 0 Å². The zero-order chi connectivity index (χ0) is 17.4. The lowest BCUT2D eigenvalue weighted by Crippen LogP contribution is -2.40. The highest BCUT2D eigenvalue weighted by Gasteiger charge is 2.18. The molecule has 0 aliphatic heterocycles. The van der Waals surface area contributed by atoms with Gasteiger partial charge in [0.15, 0.2) is 0 Å². The Morgan fingerprint density at radius 1 is 1.30 bits per heavy atom. The number of anilines is 1. The summed E-state index contributed by atoms with van der Waals surface area (Å²) in [4.78, 5) is 25.0. The lowest BCUT2D eigenvalue weighted by atomic mass is 10.2. The van der Waals surface area contributed by atoms with Crippen molar-refractivity contribution in [3.63, 3.8) is 0 Å². The lowest BCUT2D eigenvalue weighted by Gasteiger charge is -2.24. The van der Waals surface area contributed by atoms with Crippen LogP contribution in [-0.4, -0.2) is 43.6 Å². The third-order valence-electron chi connectivity index (χ3n) is 3.33. The Hall–Kier alpha value is -2.50. The Bertz CT molecular complexity index is 555. The van der Waals surface area contributed by atoms with Gasteiger partial charge in [-0.1, -0.05) is 6.58 Å². The van der Waals surface area contributed by atoms with Crippen molar-refractivity contribution < 1.29 is 14.3 Å². The molecule has 1 unspecified atom stereocenters. The van der Waals surface area contributed by atoms with Crippen LogP contribution in [0.1, 0.15) is 20.3 Å².